The van der Waals surface area contributed by atoms with Crippen molar-refractivity contribution in [2.24, 2.45) is 0 Å². The summed E-state index contributed by atoms with van der Waals surface area (Å²) in [7, 11) is 4.17. The van der Waals surface area contributed by atoms with Gasteiger partial charge in [-0.25, -0.2) is 9.59 Å². The zero-order chi connectivity index (χ0) is 21.9. The molecule has 30 heavy (non-hydrogen) atoms. The number of nitrogens with one attached hydrogen (secondary N) is 1. The van der Waals surface area contributed by atoms with E-state index in [-0.39, 0.29) is 25.2 Å². The van der Waals surface area contributed by atoms with Gasteiger partial charge in [0.15, 0.2) is 5.78 Å². The highest BCUT2D eigenvalue weighted by Crippen LogP contribution is 2.26. The van der Waals surface area contributed by atoms with Crippen LogP contribution in [0.3, 0.4) is 0 Å². The van der Waals surface area contributed by atoms with Gasteiger partial charge in [-0.1, -0.05) is 30.3 Å². The smallest absolute Gasteiger partial charge is 0.408 e. The lowest BCUT2D eigenvalue weighted by atomic mass is 10.0. The maximum absolute atomic E-state index is 12.6. The molecule has 2 aromatic carbocycles. The number of esters is 1. The molecule has 2 aromatic rings. The average Bonchev–Trinajstić information content (AvgIpc) is 2.79. The van der Waals surface area contributed by atoms with Crippen LogP contribution in [0.15, 0.2) is 48.5 Å². The Bertz CT molecular complexity index is 867. The summed E-state index contributed by atoms with van der Waals surface area (Å²) in [5.41, 5.74) is 1.16. The second kappa shape index (κ2) is 11.5. The van der Waals surface area contributed by atoms with E-state index >= 15 is 0 Å². The molecule has 0 saturated carbocycles. The predicted octanol–water partition coefficient (Wildman–Crippen LogP) is 3.13. The zero-order valence-corrected chi connectivity index (χ0v) is 17.2. The lowest BCUT2D eigenvalue weighted by Crippen LogP contribution is -2.42. The summed E-state index contributed by atoms with van der Waals surface area (Å²) in [6.07, 6.45) is -0.744. The van der Waals surface area contributed by atoms with Crippen LogP contribution in [-0.2, 0) is 20.9 Å². The summed E-state index contributed by atoms with van der Waals surface area (Å²) in [4.78, 5) is 36.7. The monoisotopic (exact) mass is 415 g/mol. The van der Waals surface area contributed by atoms with Crippen LogP contribution in [0.2, 0.25) is 0 Å². The third kappa shape index (κ3) is 6.51. The lowest BCUT2D eigenvalue weighted by Gasteiger charge is -2.16. The van der Waals surface area contributed by atoms with Gasteiger partial charge < -0.3 is 24.3 Å². The first-order chi connectivity index (χ1) is 14.5. The molecule has 0 aromatic heterocycles. The normalized spacial score (nSPS) is 11.2. The van der Waals surface area contributed by atoms with Crippen LogP contribution in [0.4, 0.5) is 4.79 Å². The third-order valence-corrected chi connectivity index (χ3v) is 4.36. The number of ketones is 1. The fraction of sp³-hybridized carbons (Fsp3) is 0.318. The van der Waals surface area contributed by atoms with E-state index in [1.54, 1.807) is 18.2 Å². The number of alkyl carbamates (subject to hydrolysis) is 1. The second-order valence-corrected chi connectivity index (χ2v) is 6.31. The van der Waals surface area contributed by atoms with Crippen molar-refractivity contribution in [3.63, 3.8) is 0 Å². The molecule has 0 aliphatic rings. The largest absolute Gasteiger partial charge is 0.497 e. The van der Waals surface area contributed by atoms with Crippen LogP contribution < -0.4 is 14.8 Å². The van der Waals surface area contributed by atoms with Gasteiger partial charge in [-0.05, 0) is 24.1 Å². The van der Waals surface area contributed by atoms with Gasteiger partial charge in [-0.3, -0.25) is 4.79 Å². The van der Waals surface area contributed by atoms with Gasteiger partial charge in [-0.15, -0.1) is 0 Å². The van der Waals surface area contributed by atoms with Gasteiger partial charge in [0.25, 0.3) is 0 Å². The molecule has 0 spiro atoms. The molecule has 0 bridgehead atoms. The Kier molecular flexibility index (Phi) is 8.68. The van der Waals surface area contributed by atoms with Crippen molar-refractivity contribution >= 4 is 17.8 Å². The molecular formula is C22H25NO7. The highest BCUT2D eigenvalue weighted by molar-refractivity contribution is 5.99. The highest BCUT2D eigenvalue weighted by atomic mass is 16.6. The summed E-state index contributed by atoms with van der Waals surface area (Å²) in [6, 6.07) is 12.9. The number of amides is 1. The standard InChI is InChI=1S/C22H25NO7/c1-27-16-9-10-17(20(13-16)28-2)19(24)12-11-18(21(25)29-3)23-22(26)30-14-15-7-5-4-6-8-15/h4-10,13,18H,11-12,14H2,1-3H3,(H,23,26). The topological polar surface area (TPSA) is 100 Å². The molecule has 160 valence electrons. The Morgan fingerprint density at radius 1 is 0.967 bits per heavy atom. The van der Waals surface area contributed by atoms with Crippen molar-refractivity contribution in [2.75, 3.05) is 21.3 Å². The maximum atomic E-state index is 12.6. The zero-order valence-electron chi connectivity index (χ0n) is 17.2. The van der Waals surface area contributed by atoms with Gasteiger partial charge in [0.05, 0.1) is 26.9 Å². The first-order valence-corrected chi connectivity index (χ1v) is 9.28. The number of carbonyl (C=O) groups excluding carboxylic acids is 3. The van der Waals surface area contributed by atoms with E-state index in [1.165, 1.54) is 21.3 Å². The molecule has 0 aliphatic carbocycles. The Morgan fingerprint density at radius 2 is 1.70 bits per heavy atom. The Hall–Kier alpha value is -3.55. The summed E-state index contributed by atoms with van der Waals surface area (Å²) < 4.78 is 20.2. The fourth-order valence-electron chi connectivity index (χ4n) is 2.74. The van der Waals surface area contributed by atoms with E-state index in [9.17, 15) is 14.4 Å². The fourth-order valence-corrected chi connectivity index (χ4v) is 2.74. The van der Waals surface area contributed by atoms with Crippen LogP contribution in [-0.4, -0.2) is 45.2 Å². The highest BCUT2D eigenvalue weighted by Gasteiger charge is 2.24. The van der Waals surface area contributed by atoms with Crippen LogP contribution >= 0.6 is 0 Å². The predicted molar refractivity (Wildman–Crippen MR) is 109 cm³/mol. The molecule has 0 radical (unpaired) electrons. The van der Waals surface area contributed by atoms with Gasteiger partial charge >= 0.3 is 12.1 Å². The molecule has 0 aliphatic heterocycles. The molecule has 2 rings (SSSR count). The molecule has 0 fully saturated rings. The number of methoxy groups -OCH3 is 3. The van der Waals surface area contributed by atoms with Crippen LogP contribution in [0.5, 0.6) is 11.5 Å². The van der Waals surface area contributed by atoms with Crippen molar-refractivity contribution in [3.8, 4) is 11.5 Å². The van der Waals surface area contributed by atoms with Gasteiger partial charge in [-0.2, -0.15) is 0 Å². The first-order valence-electron chi connectivity index (χ1n) is 9.28. The molecule has 1 amide bonds. The minimum Gasteiger partial charge on any atom is -0.497 e. The molecule has 8 nitrogen and oxygen atoms in total. The second-order valence-electron chi connectivity index (χ2n) is 6.31. The maximum Gasteiger partial charge on any atom is 0.408 e. The number of hydrogen-bond acceptors (Lipinski definition) is 7. The van der Waals surface area contributed by atoms with Crippen LogP contribution in [0.1, 0.15) is 28.8 Å². The van der Waals surface area contributed by atoms with Gasteiger partial charge in [0, 0.05) is 12.5 Å². The summed E-state index contributed by atoms with van der Waals surface area (Å²) in [5, 5.41) is 2.45. The lowest BCUT2D eigenvalue weighted by molar-refractivity contribution is -0.143. The Morgan fingerprint density at radius 3 is 2.33 bits per heavy atom. The Labute approximate surface area is 175 Å². The number of ether oxygens (including phenoxy) is 4. The molecule has 8 heteroatoms. The molecular weight excluding hydrogens is 390 g/mol. The van der Waals surface area contributed by atoms with Crippen molar-refractivity contribution in [1.82, 2.24) is 5.32 Å². The third-order valence-electron chi connectivity index (χ3n) is 4.36. The molecule has 1 N–H and O–H groups in total. The summed E-state index contributed by atoms with van der Waals surface area (Å²) in [6.45, 7) is 0.0581. The number of benzene rings is 2. The minimum atomic E-state index is -1.02. The molecule has 1 atom stereocenters. The van der Waals surface area contributed by atoms with Crippen molar-refractivity contribution in [2.45, 2.75) is 25.5 Å². The quantitative estimate of drug-likeness (QED) is 0.470. The van der Waals surface area contributed by atoms with Crippen molar-refractivity contribution < 1.29 is 33.3 Å². The average molecular weight is 415 g/mol. The van der Waals surface area contributed by atoms with Crippen LogP contribution in [0, 0.1) is 0 Å². The Balaban J connectivity index is 1.96. The van der Waals surface area contributed by atoms with E-state index < -0.39 is 18.1 Å². The number of hydrogen-bond donors (Lipinski definition) is 1. The SMILES string of the molecule is COC(=O)C(CCC(=O)c1ccc(OC)cc1OC)NC(=O)OCc1ccccc1. The first kappa shape index (κ1) is 22.7. The summed E-state index contributed by atoms with van der Waals surface area (Å²) in [5.74, 6) is 0.00637. The number of rotatable bonds is 10. The van der Waals surface area contributed by atoms with E-state index in [4.69, 9.17) is 18.9 Å². The molecule has 1 unspecified atom stereocenters. The van der Waals surface area contributed by atoms with E-state index in [0.717, 1.165) is 5.56 Å². The van der Waals surface area contributed by atoms with Crippen molar-refractivity contribution in [3.05, 3.63) is 59.7 Å². The minimum absolute atomic E-state index is 0.0125. The molecule has 0 saturated heterocycles. The number of carbonyl (C=O) groups is 3. The van der Waals surface area contributed by atoms with E-state index in [0.29, 0.717) is 17.1 Å². The summed E-state index contributed by atoms with van der Waals surface area (Å²) >= 11 is 0. The van der Waals surface area contributed by atoms with Gasteiger partial charge in [0.1, 0.15) is 24.1 Å². The van der Waals surface area contributed by atoms with Gasteiger partial charge in [0.2, 0.25) is 0 Å². The number of Topliss-reactive ketones (excluding diaryl/α,β-unsaturated/α-hetero) is 1. The molecule has 0 heterocycles. The van der Waals surface area contributed by atoms with Crippen molar-refractivity contribution in [1.29, 1.82) is 0 Å². The van der Waals surface area contributed by atoms with Crippen LogP contribution in [0.25, 0.3) is 0 Å². The van der Waals surface area contributed by atoms with E-state index in [2.05, 4.69) is 5.32 Å². The van der Waals surface area contributed by atoms with E-state index in [1.807, 2.05) is 30.3 Å².